The Kier molecular flexibility index (Phi) is 3.09. The highest BCUT2D eigenvalue weighted by Crippen LogP contribution is 2.35. The summed E-state index contributed by atoms with van der Waals surface area (Å²) < 4.78 is 5.98. The van der Waals surface area contributed by atoms with Crippen molar-refractivity contribution in [1.82, 2.24) is 9.97 Å². The van der Waals surface area contributed by atoms with E-state index in [1.165, 1.54) is 5.39 Å². The minimum atomic E-state index is 0.774. The van der Waals surface area contributed by atoms with Crippen LogP contribution in [0.3, 0.4) is 0 Å². The summed E-state index contributed by atoms with van der Waals surface area (Å²) in [6.45, 7) is 1.95. The van der Waals surface area contributed by atoms with Crippen LogP contribution in [-0.4, -0.2) is 9.97 Å². The van der Waals surface area contributed by atoms with E-state index in [4.69, 9.17) is 14.4 Å². The predicted octanol–water partition coefficient (Wildman–Crippen LogP) is 6.66. The van der Waals surface area contributed by atoms with Crippen molar-refractivity contribution in [3.63, 3.8) is 0 Å². The summed E-state index contributed by atoms with van der Waals surface area (Å²) in [6, 6.07) is 27.1. The van der Waals surface area contributed by atoms with Crippen LogP contribution in [0.4, 0.5) is 0 Å². The Bertz CT molecular complexity index is 1530. The Balaban J connectivity index is 1.70. The van der Waals surface area contributed by atoms with Gasteiger partial charge in [-0.1, -0.05) is 48.5 Å². The largest absolute Gasteiger partial charge is 0.456 e. The number of aromatic nitrogens is 2. The molecule has 0 radical (unpaired) electrons. The SMILES string of the molecule is Cc1nc(-c2ccc3oc4ccccc4c3c2)c2ccc3ccccc3c2n1. The monoisotopic (exact) mass is 360 g/mol. The van der Waals surface area contributed by atoms with Gasteiger partial charge in [0.2, 0.25) is 0 Å². The summed E-state index contributed by atoms with van der Waals surface area (Å²) in [5.74, 6) is 0.774. The van der Waals surface area contributed by atoms with Crippen molar-refractivity contribution >= 4 is 43.6 Å². The highest BCUT2D eigenvalue weighted by Gasteiger charge is 2.13. The molecule has 0 amide bonds. The van der Waals surface area contributed by atoms with Gasteiger partial charge < -0.3 is 4.42 Å². The van der Waals surface area contributed by atoms with Crippen molar-refractivity contribution < 1.29 is 4.42 Å². The number of furan rings is 1. The molecule has 0 atom stereocenters. The van der Waals surface area contributed by atoms with E-state index >= 15 is 0 Å². The zero-order valence-electron chi connectivity index (χ0n) is 15.3. The number of benzene rings is 4. The molecule has 0 unspecified atom stereocenters. The smallest absolute Gasteiger partial charge is 0.135 e. The van der Waals surface area contributed by atoms with E-state index in [1.807, 2.05) is 31.2 Å². The van der Waals surface area contributed by atoms with Gasteiger partial charge in [-0.2, -0.15) is 0 Å². The van der Waals surface area contributed by atoms with Crippen LogP contribution in [0.1, 0.15) is 5.82 Å². The first-order valence-corrected chi connectivity index (χ1v) is 9.36. The van der Waals surface area contributed by atoms with Crippen LogP contribution >= 0.6 is 0 Å². The summed E-state index contributed by atoms with van der Waals surface area (Å²) in [5, 5.41) is 5.64. The molecule has 0 saturated carbocycles. The maximum atomic E-state index is 5.98. The first-order valence-electron chi connectivity index (χ1n) is 9.36. The van der Waals surface area contributed by atoms with Crippen molar-refractivity contribution in [3.05, 3.63) is 84.7 Å². The molecule has 0 aliphatic heterocycles. The predicted molar refractivity (Wildman–Crippen MR) is 114 cm³/mol. The molecular weight excluding hydrogens is 344 g/mol. The van der Waals surface area contributed by atoms with Gasteiger partial charge in [0, 0.05) is 27.1 Å². The van der Waals surface area contributed by atoms with E-state index in [1.54, 1.807) is 0 Å². The Morgan fingerprint density at radius 1 is 0.643 bits per heavy atom. The first kappa shape index (κ1) is 15.3. The van der Waals surface area contributed by atoms with E-state index < -0.39 is 0 Å². The van der Waals surface area contributed by atoms with E-state index in [0.717, 1.165) is 55.3 Å². The molecule has 0 aliphatic carbocycles. The topological polar surface area (TPSA) is 38.9 Å². The average Bonchev–Trinajstić information content (AvgIpc) is 3.11. The lowest BCUT2D eigenvalue weighted by molar-refractivity contribution is 0.669. The number of nitrogens with zero attached hydrogens (tertiary/aromatic N) is 2. The van der Waals surface area contributed by atoms with Crippen LogP contribution in [-0.2, 0) is 0 Å². The first-order chi connectivity index (χ1) is 13.8. The molecule has 0 N–H and O–H groups in total. The van der Waals surface area contributed by atoms with Crippen molar-refractivity contribution in [3.8, 4) is 11.3 Å². The number of fused-ring (bicyclic) bond motifs is 6. The molecule has 0 spiro atoms. The lowest BCUT2D eigenvalue weighted by Crippen LogP contribution is -1.95. The Morgan fingerprint density at radius 2 is 1.43 bits per heavy atom. The van der Waals surface area contributed by atoms with Crippen LogP contribution in [0.25, 0.3) is 54.9 Å². The molecule has 3 heteroatoms. The zero-order valence-corrected chi connectivity index (χ0v) is 15.3. The summed E-state index contributed by atoms with van der Waals surface area (Å²) >= 11 is 0. The van der Waals surface area contributed by atoms with E-state index in [-0.39, 0.29) is 0 Å². The molecule has 0 fully saturated rings. The molecule has 0 aliphatic rings. The van der Waals surface area contributed by atoms with Crippen molar-refractivity contribution in [2.24, 2.45) is 0 Å². The van der Waals surface area contributed by atoms with Gasteiger partial charge in [0.1, 0.15) is 17.0 Å². The molecule has 0 saturated heterocycles. The maximum Gasteiger partial charge on any atom is 0.135 e. The average molecular weight is 360 g/mol. The van der Waals surface area contributed by atoms with Gasteiger partial charge in [0.05, 0.1) is 11.2 Å². The van der Waals surface area contributed by atoms with Crippen molar-refractivity contribution in [2.45, 2.75) is 6.92 Å². The second-order valence-corrected chi connectivity index (χ2v) is 7.11. The lowest BCUT2D eigenvalue weighted by atomic mass is 10.0. The zero-order chi connectivity index (χ0) is 18.7. The quantitative estimate of drug-likeness (QED) is 0.308. The van der Waals surface area contributed by atoms with Gasteiger partial charge in [0.15, 0.2) is 0 Å². The molecule has 2 aromatic heterocycles. The fraction of sp³-hybridized carbons (Fsp3) is 0.0400. The van der Waals surface area contributed by atoms with Crippen molar-refractivity contribution in [1.29, 1.82) is 0 Å². The molecule has 28 heavy (non-hydrogen) atoms. The van der Waals surface area contributed by atoms with Crippen LogP contribution in [0.5, 0.6) is 0 Å². The number of aryl methyl sites for hydroxylation is 1. The highest BCUT2D eigenvalue weighted by molar-refractivity contribution is 6.11. The van der Waals surface area contributed by atoms with Gasteiger partial charge in [-0.3, -0.25) is 0 Å². The van der Waals surface area contributed by atoms with Gasteiger partial charge in [-0.05, 0) is 42.6 Å². The lowest BCUT2D eigenvalue weighted by Gasteiger charge is -2.10. The summed E-state index contributed by atoms with van der Waals surface area (Å²) in [7, 11) is 0. The minimum Gasteiger partial charge on any atom is -0.456 e. The van der Waals surface area contributed by atoms with E-state index in [2.05, 4.69) is 54.6 Å². The number of hydrogen-bond donors (Lipinski definition) is 0. The van der Waals surface area contributed by atoms with E-state index in [0.29, 0.717) is 0 Å². The molecule has 132 valence electrons. The highest BCUT2D eigenvalue weighted by atomic mass is 16.3. The van der Waals surface area contributed by atoms with Crippen molar-refractivity contribution in [2.75, 3.05) is 0 Å². The number of rotatable bonds is 1. The minimum absolute atomic E-state index is 0.774. The molecule has 6 rings (SSSR count). The number of hydrogen-bond acceptors (Lipinski definition) is 3. The molecule has 2 heterocycles. The second kappa shape index (κ2) is 5.64. The number of para-hydroxylation sites is 1. The van der Waals surface area contributed by atoms with Gasteiger partial charge in [-0.15, -0.1) is 0 Å². The van der Waals surface area contributed by atoms with Crippen LogP contribution in [0.15, 0.2) is 83.3 Å². The Labute approximate surface area is 161 Å². The van der Waals surface area contributed by atoms with Gasteiger partial charge in [-0.25, -0.2) is 9.97 Å². The van der Waals surface area contributed by atoms with Crippen LogP contribution < -0.4 is 0 Å². The standard InChI is InChI=1S/C25H16N2O/c1-15-26-24(20-12-10-16-6-2-3-7-18(16)25(20)27-15)17-11-13-23-21(14-17)19-8-4-5-9-22(19)28-23/h2-14H,1H3. The summed E-state index contributed by atoms with van der Waals surface area (Å²) in [4.78, 5) is 9.57. The van der Waals surface area contributed by atoms with Gasteiger partial charge in [0.25, 0.3) is 0 Å². The second-order valence-electron chi connectivity index (χ2n) is 7.11. The Hall–Kier alpha value is -3.72. The third-order valence-electron chi connectivity index (χ3n) is 5.35. The molecule has 0 bridgehead atoms. The Morgan fingerprint density at radius 3 is 2.36 bits per heavy atom. The molecule has 6 aromatic rings. The molecular formula is C25H16N2O. The third-order valence-corrected chi connectivity index (χ3v) is 5.35. The third kappa shape index (κ3) is 2.16. The fourth-order valence-corrected chi connectivity index (χ4v) is 4.07. The van der Waals surface area contributed by atoms with E-state index in [9.17, 15) is 0 Å². The molecule has 4 aromatic carbocycles. The van der Waals surface area contributed by atoms with Crippen LogP contribution in [0, 0.1) is 6.92 Å². The molecule has 3 nitrogen and oxygen atoms in total. The summed E-state index contributed by atoms with van der Waals surface area (Å²) in [6.07, 6.45) is 0. The van der Waals surface area contributed by atoms with Gasteiger partial charge >= 0.3 is 0 Å². The fourth-order valence-electron chi connectivity index (χ4n) is 4.07. The normalized spacial score (nSPS) is 11.8. The summed E-state index contributed by atoms with van der Waals surface area (Å²) in [5.41, 5.74) is 4.83. The van der Waals surface area contributed by atoms with Crippen LogP contribution in [0.2, 0.25) is 0 Å². The maximum absolute atomic E-state index is 5.98.